The van der Waals surface area contributed by atoms with E-state index in [9.17, 15) is 8.42 Å². The van der Waals surface area contributed by atoms with Gasteiger partial charge in [-0.1, -0.05) is 0 Å². The summed E-state index contributed by atoms with van der Waals surface area (Å²) in [5.41, 5.74) is 5.67. The van der Waals surface area contributed by atoms with E-state index in [2.05, 4.69) is 37.5 Å². The summed E-state index contributed by atoms with van der Waals surface area (Å²) in [6.45, 7) is 2.97. The number of halogens is 1. The molecule has 2 heterocycles. The van der Waals surface area contributed by atoms with Gasteiger partial charge in [0.1, 0.15) is 10.7 Å². The maximum atomic E-state index is 12.4. The van der Waals surface area contributed by atoms with Gasteiger partial charge < -0.3 is 10.6 Å². The molecule has 1 fully saturated rings. The average Bonchev–Trinajstić information content (AvgIpc) is 2.36. The van der Waals surface area contributed by atoms with Crippen LogP contribution in [-0.4, -0.2) is 44.0 Å². The van der Waals surface area contributed by atoms with E-state index in [1.54, 1.807) is 0 Å². The maximum absolute atomic E-state index is 12.4. The van der Waals surface area contributed by atoms with Crippen LogP contribution < -0.4 is 10.5 Å². The Morgan fingerprint density at radius 1 is 1.55 bits per heavy atom. The van der Waals surface area contributed by atoms with Crippen molar-refractivity contribution in [2.45, 2.75) is 36.7 Å². The molecule has 0 aromatic carbocycles. The zero-order valence-corrected chi connectivity index (χ0v) is 13.9. The highest BCUT2D eigenvalue weighted by atomic mass is 79.9. The fourth-order valence-corrected chi connectivity index (χ4v) is 4.20. The van der Waals surface area contributed by atoms with Crippen LogP contribution in [0.15, 0.2) is 21.6 Å². The first-order chi connectivity index (χ1) is 9.29. The monoisotopic (exact) mass is 362 g/mol. The predicted molar refractivity (Wildman–Crippen MR) is 81.8 cm³/mol. The van der Waals surface area contributed by atoms with Gasteiger partial charge in [0.25, 0.3) is 0 Å². The first-order valence-electron chi connectivity index (χ1n) is 6.43. The van der Waals surface area contributed by atoms with Crippen molar-refractivity contribution in [2.24, 2.45) is 0 Å². The number of pyridine rings is 1. The van der Waals surface area contributed by atoms with Gasteiger partial charge >= 0.3 is 0 Å². The molecule has 20 heavy (non-hydrogen) atoms. The largest absolute Gasteiger partial charge is 0.383 e. The minimum atomic E-state index is -3.64. The normalized spacial score (nSPS) is 24.8. The summed E-state index contributed by atoms with van der Waals surface area (Å²) < 4.78 is 28.1. The van der Waals surface area contributed by atoms with Gasteiger partial charge in [-0.3, -0.25) is 0 Å². The highest BCUT2D eigenvalue weighted by molar-refractivity contribution is 9.10. The molecule has 2 atom stereocenters. The quantitative estimate of drug-likeness (QED) is 0.842. The van der Waals surface area contributed by atoms with Crippen molar-refractivity contribution >= 4 is 31.8 Å². The Morgan fingerprint density at radius 2 is 2.25 bits per heavy atom. The molecule has 8 heteroatoms. The molecule has 1 aromatic rings. The summed E-state index contributed by atoms with van der Waals surface area (Å²) in [6, 6.07) is 1.77. The number of nitrogens with two attached hydrogens (primary N) is 1. The van der Waals surface area contributed by atoms with Crippen LogP contribution in [0.4, 0.5) is 5.82 Å². The molecule has 0 bridgehead atoms. The Hall–Kier alpha value is -0.700. The Kier molecular flexibility index (Phi) is 4.68. The van der Waals surface area contributed by atoms with E-state index >= 15 is 0 Å². The molecule has 6 nitrogen and oxygen atoms in total. The number of nitrogen functional groups attached to an aromatic ring is 1. The van der Waals surface area contributed by atoms with E-state index < -0.39 is 10.0 Å². The van der Waals surface area contributed by atoms with Gasteiger partial charge in [0.05, 0.1) is 0 Å². The third kappa shape index (κ3) is 3.49. The van der Waals surface area contributed by atoms with Gasteiger partial charge in [0, 0.05) is 22.8 Å². The Morgan fingerprint density at radius 3 is 2.90 bits per heavy atom. The molecule has 0 amide bonds. The molecule has 1 aliphatic rings. The Balaban J connectivity index is 2.17. The summed E-state index contributed by atoms with van der Waals surface area (Å²) in [4.78, 5) is 6.12. The number of anilines is 1. The lowest BCUT2D eigenvalue weighted by Gasteiger charge is -2.35. The topological polar surface area (TPSA) is 88.3 Å². The fraction of sp³-hybridized carbons (Fsp3) is 0.583. The predicted octanol–water partition coefficient (Wildman–Crippen LogP) is 1.19. The number of piperidine rings is 1. The summed E-state index contributed by atoms with van der Waals surface area (Å²) in [7, 11) is -1.59. The van der Waals surface area contributed by atoms with Crippen molar-refractivity contribution in [3.63, 3.8) is 0 Å². The number of rotatable bonds is 3. The molecular formula is C12H19BrN4O2S. The standard InChI is InChI=1S/C12H19BrN4O2S/c1-8-5-10(3-4-17(8)2)16-20(18,19)11-6-9(13)7-15-12(11)14/h6-8,10,16H,3-5H2,1-2H3,(H2,14,15). The molecule has 1 aliphatic heterocycles. The first-order valence-corrected chi connectivity index (χ1v) is 8.71. The van der Waals surface area contributed by atoms with Crippen LogP contribution in [0.3, 0.4) is 0 Å². The van der Waals surface area contributed by atoms with Crippen LogP contribution in [0.25, 0.3) is 0 Å². The van der Waals surface area contributed by atoms with E-state index in [1.807, 2.05) is 7.05 Å². The first kappa shape index (κ1) is 15.7. The Bertz CT molecular complexity index is 593. The van der Waals surface area contributed by atoms with Crippen LogP contribution in [0, 0.1) is 0 Å². The van der Waals surface area contributed by atoms with Gasteiger partial charge in [0.2, 0.25) is 10.0 Å². The van der Waals surface area contributed by atoms with Crippen molar-refractivity contribution in [3.8, 4) is 0 Å². The molecule has 0 saturated carbocycles. The summed E-state index contributed by atoms with van der Waals surface area (Å²) in [5, 5.41) is 0. The number of nitrogens with zero attached hydrogens (tertiary/aromatic N) is 2. The van der Waals surface area contributed by atoms with E-state index in [4.69, 9.17) is 5.73 Å². The Labute approximate surface area is 127 Å². The smallest absolute Gasteiger partial charge is 0.244 e. The van der Waals surface area contributed by atoms with Gasteiger partial charge in [0.15, 0.2) is 0 Å². The van der Waals surface area contributed by atoms with Crippen LogP contribution in [0.5, 0.6) is 0 Å². The third-order valence-corrected chi connectivity index (χ3v) is 5.65. The molecule has 2 rings (SSSR count). The molecule has 0 radical (unpaired) electrons. The second-order valence-electron chi connectivity index (χ2n) is 5.21. The van der Waals surface area contributed by atoms with Crippen LogP contribution in [0.2, 0.25) is 0 Å². The molecule has 2 unspecified atom stereocenters. The number of hydrogen-bond donors (Lipinski definition) is 2. The van der Waals surface area contributed by atoms with Crippen LogP contribution >= 0.6 is 15.9 Å². The van der Waals surface area contributed by atoms with E-state index in [-0.39, 0.29) is 16.8 Å². The number of likely N-dealkylation sites (tertiary alicyclic amines) is 1. The zero-order chi connectivity index (χ0) is 14.9. The lowest BCUT2D eigenvalue weighted by molar-refractivity contribution is 0.178. The number of nitrogens with one attached hydrogen (secondary N) is 1. The molecule has 1 aromatic heterocycles. The van der Waals surface area contributed by atoms with Gasteiger partial charge in [-0.05, 0) is 55.4 Å². The molecule has 1 saturated heterocycles. The van der Waals surface area contributed by atoms with Crippen molar-refractivity contribution in [1.82, 2.24) is 14.6 Å². The van der Waals surface area contributed by atoms with Crippen LogP contribution in [0.1, 0.15) is 19.8 Å². The van der Waals surface area contributed by atoms with Gasteiger partial charge in [-0.15, -0.1) is 0 Å². The summed E-state index contributed by atoms with van der Waals surface area (Å²) >= 11 is 3.21. The minimum absolute atomic E-state index is 0.0154. The highest BCUT2D eigenvalue weighted by Crippen LogP contribution is 2.23. The maximum Gasteiger partial charge on any atom is 0.244 e. The average molecular weight is 363 g/mol. The minimum Gasteiger partial charge on any atom is -0.383 e. The number of aromatic nitrogens is 1. The second-order valence-corrected chi connectivity index (χ2v) is 7.81. The molecule has 112 valence electrons. The van der Waals surface area contributed by atoms with Crippen molar-refractivity contribution in [1.29, 1.82) is 0 Å². The van der Waals surface area contributed by atoms with Gasteiger partial charge in [-0.25, -0.2) is 18.1 Å². The highest BCUT2D eigenvalue weighted by Gasteiger charge is 2.28. The second kappa shape index (κ2) is 5.97. The number of hydrogen-bond acceptors (Lipinski definition) is 5. The zero-order valence-electron chi connectivity index (χ0n) is 11.5. The third-order valence-electron chi connectivity index (χ3n) is 3.67. The van der Waals surface area contributed by atoms with E-state index in [0.717, 1.165) is 19.4 Å². The molecular weight excluding hydrogens is 344 g/mol. The van der Waals surface area contributed by atoms with Gasteiger partial charge in [-0.2, -0.15) is 0 Å². The molecule has 0 spiro atoms. The molecule has 3 N–H and O–H groups in total. The SMILES string of the molecule is CC1CC(NS(=O)(=O)c2cc(Br)cnc2N)CCN1C. The molecule has 0 aliphatic carbocycles. The number of sulfonamides is 1. The van der Waals surface area contributed by atoms with E-state index in [0.29, 0.717) is 10.5 Å². The lowest BCUT2D eigenvalue weighted by Crippen LogP contribution is -2.47. The summed E-state index contributed by atoms with van der Waals surface area (Å²) in [5.74, 6) is 0.0154. The van der Waals surface area contributed by atoms with Crippen molar-refractivity contribution in [2.75, 3.05) is 19.3 Å². The van der Waals surface area contributed by atoms with E-state index in [1.165, 1.54) is 12.3 Å². The van der Waals surface area contributed by atoms with Crippen LogP contribution in [-0.2, 0) is 10.0 Å². The van der Waals surface area contributed by atoms with Crippen molar-refractivity contribution in [3.05, 3.63) is 16.7 Å². The fourth-order valence-electron chi connectivity index (χ4n) is 2.33. The summed E-state index contributed by atoms with van der Waals surface area (Å²) in [6.07, 6.45) is 3.06. The lowest BCUT2D eigenvalue weighted by atomic mass is 10.0. The van der Waals surface area contributed by atoms with Crippen molar-refractivity contribution < 1.29 is 8.42 Å².